The molecular formula is C10H15N3OS. The zero-order chi connectivity index (χ0) is 10.1. The molecular weight excluding hydrogens is 210 g/mol. The van der Waals surface area contributed by atoms with Crippen LogP contribution < -0.4 is 5.32 Å². The van der Waals surface area contributed by atoms with E-state index in [0.29, 0.717) is 12.0 Å². The number of nitrogens with zero attached hydrogens (tertiary/aromatic N) is 2. The predicted octanol–water partition coefficient (Wildman–Crippen LogP) is 2.01. The standard InChI is InChI=1S/C10H15N3OS/c1-2-7(6-14-5-1)9-12-10(15-13-9)11-8-3-4-8/h7-8H,1-6H2,(H,11,12,13). The summed E-state index contributed by atoms with van der Waals surface area (Å²) in [5, 5.41) is 4.36. The predicted molar refractivity (Wildman–Crippen MR) is 59.3 cm³/mol. The van der Waals surface area contributed by atoms with Crippen molar-refractivity contribution < 1.29 is 4.74 Å². The minimum absolute atomic E-state index is 0.421. The molecule has 1 saturated heterocycles. The van der Waals surface area contributed by atoms with Crippen molar-refractivity contribution >= 4 is 16.7 Å². The van der Waals surface area contributed by atoms with Gasteiger partial charge < -0.3 is 10.1 Å². The summed E-state index contributed by atoms with van der Waals surface area (Å²) in [6, 6.07) is 0.661. The molecule has 3 rings (SSSR count). The number of hydrogen-bond donors (Lipinski definition) is 1. The molecule has 0 spiro atoms. The van der Waals surface area contributed by atoms with Crippen molar-refractivity contribution in [2.45, 2.75) is 37.6 Å². The van der Waals surface area contributed by atoms with Gasteiger partial charge in [0.2, 0.25) is 5.13 Å². The molecule has 1 aromatic heterocycles. The first-order valence-electron chi connectivity index (χ1n) is 5.60. The molecule has 1 aromatic rings. The van der Waals surface area contributed by atoms with Crippen molar-refractivity contribution in [2.75, 3.05) is 18.5 Å². The van der Waals surface area contributed by atoms with Crippen molar-refractivity contribution in [3.63, 3.8) is 0 Å². The zero-order valence-electron chi connectivity index (χ0n) is 8.61. The van der Waals surface area contributed by atoms with Crippen LogP contribution in [0.25, 0.3) is 0 Å². The van der Waals surface area contributed by atoms with Crippen LogP contribution in [0.15, 0.2) is 0 Å². The van der Waals surface area contributed by atoms with E-state index < -0.39 is 0 Å². The maximum atomic E-state index is 5.44. The van der Waals surface area contributed by atoms with Gasteiger partial charge in [-0.25, -0.2) is 4.98 Å². The van der Waals surface area contributed by atoms with Gasteiger partial charge in [-0.05, 0) is 25.7 Å². The van der Waals surface area contributed by atoms with Crippen molar-refractivity contribution in [3.8, 4) is 0 Å². The third kappa shape index (κ3) is 2.29. The number of aromatic nitrogens is 2. The monoisotopic (exact) mass is 225 g/mol. The molecule has 1 unspecified atom stereocenters. The second kappa shape index (κ2) is 4.06. The largest absolute Gasteiger partial charge is 0.381 e. The van der Waals surface area contributed by atoms with Crippen molar-refractivity contribution in [2.24, 2.45) is 0 Å². The summed E-state index contributed by atoms with van der Waals surface area (Å²) in [4.78, 5) is 4.53. The van der Waals surface area contributed by atoms with Gasteiger partial charge in [-0.2, -0.15) is 4.37 Å². The average molecular weight is 225 g/mol. The van der Waals surface area contributed by atoms with Gasteiger partial charge in [0, 0.05) is 30.1 Å². The number of nitrogens with one attached hydrogen (secondary N) is 1. The molecule has 0 radical (unpaired) electrons. The fraction of sp³-hybridized carbons (Fsp3) is 0.800. The Hall–Kier alpha value is -0.680. The lowest BCUT2D eigenvalue weighted by molar-refractivity contribution is 0.0784. The lowest BCUT2D eigenvalue weighted by Crippen LogP contribution is -2.16. The van der Waals surface area contributed by atoms with Crippen LogP contribution in [0.3, 0.4) is 0 Å². The summed E-state index contributed by atoms with van der Waals surface area (Å²) in [6.45, 7) is 1.69. The maximum absolute atomic E-state index is 5.44. The topological polar surface area (TPSA) is 47.0 Å². The lowest BCUT2D eigenvalue weighted by atomic mass is 10.0. The van der Waals surface area contributed by atoms with E-state index in [2.05, 4.69) is 14.7 Å². The van der Waals surface area contributed by atoms with Crippen LogP contribution >= 0.6 is 11.5 Å². The van der Waals surface area contributed by atoms with E-state index in [1.807, 2.05) is 0 Å². The Bertz CT molecular complexity index is 331. The Morgan fingerprint density at radius 3 is 3.00 bits per heavy atom. The summed E-state index contributed by atoms with van der Waals surface area (Å²) in [7, 11) is 0. The molecule has 4 nitrogen and oxygen atoms in total. The molecule has 1 aliphatic heterocycles. The second-order valence-electron chi connectivity index (χ2n) is 4.29. The number of anilines is 1. The molecule has 2 fully saturated rings. The lowest BCUT2D eigenvalue weighted by Gasteiger charge is -2.18. The fourth-order valence-electron chi connectivity index (χ4n) is 1.81. The SMILES string of the molecule is C1COCC(c2nsc(NC3CC3)n2)C1. The van der Waals surface area contributed by atoms with Crippen molar-refractivity contribution in [1.82, 2.24) is 9.36 Å². The Labute approximate surface area is 93.2 Å². The Morgan fingerprint density at radius 1 is 1.33 bits per heavy atom. The highest BCUT2D eigenvalue weighted by atomic mass is 32.1. The second-order valence-corrected chi connectivity index (χ2v) is 5.04. The Kier molecular flexibility index (Phi) is 2.58. The zero-order valence-corrected chi connectivity index (χ0v) is 9.42. The molecule has 1 aliphatic carbocycles. The third-order valence-corrected chi connectivity index (χ3v) is 3.53. The van der Waals surface area contributed by atoms with Crippen molar-refractivity contribution in [3.05, 3.63) is 5.82 Å². The number of ether oxygens (including phenoxy) is 1. The molecule has 5 heteroatoms. The first-order chi connectivity index (χ1) is 7.42. The minimum Gasteiger partial charge on any atom is -0.381 e. The van der Waals surface area contributed by atoms with E-state index in [9.17, 15) is 0 Å². The summed E-state index contributed by atoms with van der Waals surface area (Å²) < 4.78 is 9.85. The van der Waals surface area contributed by atoms with Crippen LogP contribution in [-0.4, -0.2) is 28.6 Å². The summed E-state index contributed by atoms with van der Waals surface area (Å²) in [6.07, 6.45) is 4.86. The first-order valence-corrected chi connectivity index (χ1v) is 6.37. The van der Waals surface area contributed by atoms with Gasteiger partial charge in [-0.3, -0.25) is 0 Å². The Balaban J connectivity index is 1.65. The Morgan fingerprint density at radius 2 is 2.27 bits per heavy atom. The van der Waals surface area contributed by atoms with Gasteiger partial charge in [0.15, 0.2) is 0 Å². The first kappa shape index (κ1) is 9.54. The van der Waals surface area contributed by atoms with Gasteiger partial charge in [0.1, 0.15) is 5.82 Å². The number of rotatable bonds is 3. The molecule has 1 saturated carbocycles. The van der Waals surface area contributed by atoms with Gasteiger partial charge in [-0.1, -0.05) is 0 Å². The van der Waals surface area contributed by atoms with E-state index in [4.69, 9.17) is 4.74 Å². The van der Waals surface area contributed by atoms with Crippen LogP contribution in [0.4, 0.5) is 5.13 Å². The van der Waals surface area contributed by atoms with Crippen LogP contribution in [0, 0.1) is 0 Å². The molecule has 0 amide bonds. The summed E-state index contributed by atoms with van der Waals surface area (Å²) in [5.74, 6) is 1.40. The highest BCUT2D eigenvalue weighted by molar-refractivity contribution is 7.09. The van der Waals surface area contributed by atoms with E-state index in [1.165, 1.54) is 30.8 Å². The fourth-order valence-corrected chi connectivity index (χ4v) is 2.53. The van der Waals surface area contributed by atoms with E-state index in [-0.39, 0.29) is 0 Å². The average Bonchev–Trinajstić information content (AvgIpc) is 2.96. The molecule has 2 aliphatic rings. The van der Waals surface area contributed by atoms with Crippen LogP contribution in [0.1, 0.15) is 37.4 Å². The van der Waals surface area contributed by atoms with E-state index in [1.54, 1.807) is 0 Å². The van der Waals surface area contributed by atoms with E-state index >= 15 is 0 Å². The number of hydrogen-bond acceptors (Lipinski definition) is 5. The molecule has 1 atom stereocenters. The molecule has 82 valence electrons. The van der Waals surface area contributed by atoms with Gasteiger partial charge in [-0.15, -0.1) is 0 Å². The van der Waals surface area contributed by atoms with Crippen LogP contribution in [-0.2, 0) is 4.74 Å². The normalized spacial score (nSPS) is 26.5. The smallest absolute Gasteiger partial charge is 0.202 e. The maximum Gasteiger partial charge on any atom is 0.202 e. The molecule has 0 bridgehead atoms. The quantitative estimate of drug-likeness (QED) is 0.854. The summed E-state index contributed by atoms with van der Waals surface area (Å²) in [5.41, 5.74) is 0. The highest BCUT2D eigenvalue weighted by Crippen LogP contribution is 2.29. The molecule has 15 heavy (non-hydrogen) atoms. The van der Waals surface area contributed by atoms with Gasteiger partial charge >= 0.3 is 0 Å². The van der Waals surface area contributed by atoms with Crippen molar-refractivity contribution in [1.29, 1.82) is 0 Å². The van der Waals surface area contributed by atoms with Crippen LogP contribution in [0.5, 0.6) is 0 Å². The summed E-state index contributed by atoms with van der Waals surface area (Å²) >= 11 is 1.48. The minimum atomic E-state index is 0.421. The third-order valence-electron chi connectivity index (χ3n) is 2.87. The molecule has 0 aromatic carbocycles. The molecule has 2 heterocycles. The van der Waals surface area contributed by atoms with E-state index in [0.717, 1.165) is 30.6 Å². The molecule has 1 N–H and O–H groups in total. The van der Waals surface area contributed by atoms with Gasteiger partial charge in [0.05, 0.1) is 6.61 Å². The van der Waals surface area contributed by atoms with Gasteiger partial charge in [0.25, 0.3) is 0 Å². The highest BCUT2D eigenvalue weighted by Gasteiger charge is 2.24. The van der Waals surface area contributed by atoms with Crippen LogP contribution in [0.2, 0.25) is 0 Å².